The highest BCUT2D eigenvalue weighted by atomic mass is 32.2. The SMILES string of the molecule is COC(=O)CCCCCN1C(=O)C(=Cc2cccc([N+](=O)[O-])c2)SC1=S. The lowest BCUT2D eigenvalue weighted by molar-refractivity contribution is -0.384. The van der Waals surface area contributed by atoms with Gasteiger partial charge in [0.1, 0.15) is 4.32 Å². The molecule has 138 valence electrons. The molecule has 0 spiro atoms. The zero-order valence-electron chi connectivity index (χ0n) is 14.2. The molecule has 0 atom stereocenters. The molecule has 1 aliphatic heterocycles. The molecule has 0 saturated carbocycles. The van der Waals surface area contributed by atoms with Crippen LogP contribution in [-0.2, 0) is 14.3 Å². The maximum absolute atomic E-state index is 12.5. The summed E-state index contributed by atoms with van der Waals surface area (Å²) in [7, 11) is 1.36. The van der Waals surface area contributed by atoms with E-state index in [1.54, 1.807) is 18.2 Å². The van der Waals surface area contributed by atoms with Gasteiger partial charge < -0.3 is 4.74 Å². The fourth-order valence-corrected chi connectivity index (χ4v) is 3.70. The molecule has 9 heteroatoms. The van der Waals surface area contributed by atoms with Crippen molar-refractivity contribution < 1.29 is 19.2 Å². The molecular weight excluding hydrogens is 376 g/mol. The fraction of sp³-hybridized carbons (Fsp3) is 0.353. The summed E-state index contributed by atoms with van der Waals surface area (Å²) in [4.78, 5) is 35.9. The largest absolute Gasteiger partial charge is 0.469 e. The number of carbonyl (C=O) groups is 2. The molecule has 0 aliphatic carbocycles. The molecule has 1 heterocycles. The summed E-state index contributed by atoms with van der Waals surface area (Å²) >= 11 is 6.45. The average molecular weight is 394 g/mol. The molecule has 1 aromatic rings. The number of benzene rings is 1. The summed E-state index contributed by atoms with van der Waals surface area (Å²) in [6.07, 6.45) is 4.19. The topological polar surface area (TPSA) is 89.8 Å². The third kappa shape index (κ3) is 5.37. The molecule has 1 aromatic carbocycles. The molecule has 1 fully saturated rings. The third-order valence-corrected chi connectivity index (χ3v) is 5.12. The molecule has 26 heavy (non-hydrogen) atoms. The minimum atomic E-state index is -0.475. The van der Waals surface area contributed by atoms with E-state index < -0.39 is 4.92 Å². The second-order valence-electron chi connectivity index (χ2n) is 5.57. The molecular formula is C17H18N2O5S2. The van der Waals surface area contributed by atoms with Crippen LogP contribution in [0.1, 0.15) is 31.2 Å². The van der Waals surface area contributed by atoms with Crippen LogP contribution in [0.5, 0.6) is 0 Å². The van der Waals surface area contributed by atoms with Gasteiger partial charge in [-0.15, -0.1) is 0 Å². The molecule has 0 aromatic heterocycles. The smallest absolute Gasteiger partial charge is 0.305 e. The number of nitro groups is 1. The summed E-state index contributed by atoms with van der Waals surface area (Å²) in [6, 6.07) is 6.09. The van der Waals surface area contributed by atoms with Gasteiger partial charge in [0.05, 0.1) is 16.9 Å². The quantitative estimate of drug-likeness (QED) is 0.166. The van der Waals surface area contributed by atoms with Crippen molar-refractivity contribution in [1.82, 2.24) is 4.90 Å². The first-order chi connectivity index (χ1) is 12.4. The number of nitro benzene ring substituents is 1. The number of esters is 1. The lowest BCUT2D eigenvalue weighted by Crippen LogP contribution is -2.29. The summed E-state index contributed by atoms with van der Waals surface area (Å²) in [6.45, 7) is 0.484. The van der Waals surface area contributed by atoms with Gasteiger partial charge >= 0.3 is 5.97 Å². The minimum absolute atomic E-state index is 0.0279. The van der Waals surface area contributed by atoms with Crippen LogP contribution in [-0.4, -0.2) is 39.7 Å². The monoisotopic (exact) mass is 394 g/mol. The van der Waals surface area contributed by atoms with E-state index in [1.807, 2.05) is 0 Å². The Morgan fingerprint density at radius 2 is 2.15 bits per heavy atom. The second-order valence-corrected chi connectivity index (χ2v) is 7.25. The highest BCUT2D eigenvalue weighted by Crippen LogP contribution is 2.33. The second kappa shape index (κ2) is 9.44. The zero-order chi connectivity index (χ0) is 19.1. The Morgan fingerprint density at radius 1 is 1.38 bits per heavy atom. The highest BCUT2D eigenvalue weighted by Gasteiger charge is 2.31. The van der Waals surface area contributed by atoms with Gasteiger partial charge in [0, 0.05) is 25.1 Å². The van der Waals surface area contributed by atoms with Crippen LogP contribution < -0.4 is 0 Å². The van der Waals surface area contributed by atoms with Crippen molar-refractivity contribution in [1.29, 1.82) is 0 Å². The number of rotatable bonds is 8. The van der Waals surface area contributed by atoms with Gasteiger partial charge in [0.25, 0.3) is 11.6 Å². The number of amides is 1. The van der Waals surface area contributed by atoms with Crippen LogP contribution in [0.4, 0.5) is 5.69 Å². The molecule has 0 radical (unpaired) electrons. The number of ether oxygens (including phenoxy) is 1. The Balaban J connectivity index is 1.94. The van der Waals surface area contributed by atoms with Crippen molar-refractivity contribution in [3.05, 3.63) is 44.8 Å². The molecule has 2 rings (SSSR count). The van der Waals surface area contributed by atoms with Crippen molar-refractivity contribution in [2.45, 2.75) is 25.7 Å². The number of thiocarbonyl (C=S) groups is 1. The summed E-state index contributed by atoms with van der Waals surface area (Å²) in [5.41, 5.74) is 0.553. The Hall–Kier alpha value is -2.26. The number of hydrogen-bond donors (Lipinski definition) is 0. The van der Waals surface area contributed by atoms with Gasteiger partial charge in [-0.1, -0.05) is 42.5 Å². The van der Waals surface area contributed by atoms with Gasteiger partial charge in [-0.2, -0.15) is 0 Å². The first-order valence-corrected chi connectivity index (χ1v) is 9.21. The van der Waals surface area contributed by atoms with Crippen molar-refractivity contribution in [2.75, 3.05) is 13.7 Å². The number of non-ortho nitro benzene ring substituents is 1. The lowest BCUT2D eigenvalue weighted by atomic mass is 10.1. The molecule has 0 unspecified atom stereocenters. The van der Waals surface area contributed by atoms with E-state index in [-0.39, 0.29) is 17.6 Å². The highest BCUT2D eigenvalue weighted by molar-refractivity contribution is 8.26. The molecule has 1 saturated heterocycles. The summed E-state index contributed by atoms with van der Waals surface area (Å²) < 4.78 is 5.05. The lowest BCUT2D eigenvalue weighted by Gasteiger charge is -2.13. The number of nitrogens with zero attached hydrogens (tertiary/aromatic N) is 2. The van der Waals surface area contributed by atoms with Crippen LogP contribution in [0, 0.1) is 10.1 Å². The predicted octanol–water partition coefficient (Wildman–Crippen LogP) is 3.53. The van der Waals surface area contributed by atoms with E-state index in [9.17, 15) is 19.7 Å². The normalized spacial score (nSPS) is 15.6. The van der Waals surface area contributed by atoms with Crippen LogP contribution in [0.15, 0.2) is 29.2 Å². The number of hydrogen-bond acceptors (Lipinski definition) is 7. The maximum Gasteiger partial charge on any atom is 0.305 e. The van der Waals surface area contributed by atoms with E-state index in [0.29, 0.717) is 34.2 Å². The Bertz CT molecular complexity index is 763. The summed E-state index contributed by atoms with van der Waals surface area (Å²) in [5, 5.41) is 10.8. The van der Waals surface area contributed by atoms with E-state index in [1.165, 1.54) is 35.9 Å². The van der Waals surface area contributed by atoms with Crippen molar-refractivity contribution >= 4 is 51.9 Å². The standard InChI is InChI=1S/C17H18N2O5S2/c1-24-15(20)8-3-2-4-9-18-16(21)14(26-17(18)25)11-12-6-5-7-13(10-12)19(22)23/h5-7,10-11H,2-4,8-9H2,1H3. The first kappa shape index (κ1) is 20.1. The van der Waals surface area contributed by atoms with Gasteiger partial charge in [-0.05, 0) is 24.5 Å². The molecule has 1 amide bonds. The predicted molar refractivity (Wildman–Crippen MR) is 103 cm³/mol. The van der Waals surface area contributed by atoms with E-state index in [4.69, 9.17) is 12.2 Å². The molecule has 0 N–H and O–H groups in total. The van der Waals surface area contributed by atoms with Gasteiger partial charge in [-0.3, -0.25) is 24.6 Å². The third-order valence-electron chi connectivity index (χ3n) is 3.74. The minimum Gasteiger partial charge on any atom is -0.469 e. The van der Waals surface area contributed by atoms with Crippen LogP contribution in [0.25, 0.3) is 6.08 Å². The average Bonchev–Trinajstić information content (AvgIpc) is 2.88. The van der Waals surface area contributed by atoms with Gasteiger partial charge in [0.15, 0.2) is 0 Å². The molecule has 1 aliphatic rings. The van der Waals surface area contributed by atoms with Crippen molar-refractivity contribution in [2.24, 2.45) is 0 Å². The Morgan fingerprint density at radius 3 is 2.85 bits per heavy atom. The molecule has 0 bridgehead atoms. The van der Waals surface area contributed by atoms with E-state index in [0.717, 1.165) is 12.8 Å². The number of carbonyl (C=O) groups excluding carboxylic acids is 2. The Labute approximate surface area is 160 Å². The van der Waals surface area contributed by atoms with Gasteiger partial charge in [0.2, 0.25) is 0 Å². The molecule has 7 nitrogen and oxygen atoms in total. The fourth-order valence-electron chi connectivity index (χ4n) is 2.39. The number of thioether (sulfide) groups is 1. The Kier molecular flexibility index (Phi) is 7.28. The van der Waals surface area contributed by atoms with E-state index >= 15 is 0 Å². The maximum atomic E-state index is 12.5. The van der Waals surface area contributed by atoms with Crippen LogP contribution >= 0.6 is 24.0 Å². The van der Waals surface area contributed by atoms with Gasteiger partial charge in [-0.25, -0.2) is 0 Å². The number of unbranched alkanes of at least 4 members (excludes halogenated alkanes) is 2. The van der Waals surface area contributed by atoms with Crippen LogP contribution in [0.2, 0.25) is 0 Å². The van der Waals surface area contributed by atoms with E-state index in [2.05, 4.69) is 4.74 Å². The number of methoxy groups -OCH3 is 1. The summed E-state index contributed by atoms with van der Waals surface area (Å²) in [5.74, 6) is -0.435. The zero-order valence-corrected chi connectivity index (χ0v) is 15.8. The van der Waals surface area contributed by atoms with Crippen molar-refractivity contribution in [3.8, 4) is 0 Å². The first-order valence-electron chi connectivity index (χ1n) is 7.99. The van der Waals surface area contributed by atoms with Crippen LogP contribution in [0.3, 0.4) is 0 Å². The van der Waals surface area contributed by atoms with Crippen molar-refractivity contribution in [3.63, 3.8) is 0 Å².